The van der Waals surface area contributed by atoms with Crippen molar-refractivity contribution in [2.75, 3.05) is 6.54 Å². The van der Waals surface area contributed by atoms with Gasteiger partial charge in [0.1, 0.15) is 5.82 Å². The smallest absolute Gasteiger partial charge is 0.132 e. The van der Waals surface area contributed by atoms with Crippen molar-refractivity contribution in [2.24, 2.45) is 5.73 Å². The van der Waals surface area contributed by atoms with Gasteiger partial charge >= 0.3 is 0 Å². The van der Waals surface area contributed by atoms with Crippen molar-refractivity contribution in [3.8, 4) is 0 Å². The standard InChI is InChI=1S/C11H19N3/c1-4-9-6-10(5-2)14-11(13-9)8(3)7-12/h6,8H,4-5,7,12H2,1-3H3. The Hall–Kier alpha value is -0.960. The van der Waals surface area contributed by atoms with Gasteiger partial charge in [0.05, 0.1) is 0 Å². The van der Waals surface area contributed by atoms with Crippen LogP contribution in [0.2, 0.25) is 0 Å². The number of aryl methyl sites for hydroxylation is 2. The molecule has 0 aliphatic rings. The zero-order chi connectivity index (χ0) is 10.6. The van der Waals surface area contributed by atoms with Crippen molar-refractivity contribution in [1.82, 2.24) is 9.97 Å². The van der Waals surface area contributed by atoms with Crippen LogP contribution < -0.4 is 5.73 Å². The molecule has 3 nitrogen and oxygen atoms in total. The van der Waals surface area contributed by atoms with E-state index in [2.05, 4.69) is 36.8 Å². The molecule has 0 spiro atoms. The lowest BCUT2D eigenvalue weighted by Crippen LogP contribution is -2.14. The minimum Gasteiger partial charge on any atom is -0.330 e. The minimum absolute atomic E-state index is 0.256. The number of aromatic nitrogens is 2. The highest BCUT2D eigenvalue weighted by atomic mass is 14.9. The predicted molar refractivity (Wildman–Crippen MR) is 58.3 cm³/mol. The first-order valence-corrected chi connectivity index (χ1v) is 5.28. The maximum atomic E-state index is 5.61. The Morgan fingerprint density at radius 3 is 2.07 bits per heavy atom. The van der Waals surface area contributed by atoms with Crippen LogP contribution in [0.3, 0.4) is 0 Å². The average molecular weight is 193 g/mol. The van der Waals surface area contributed by atoms with Crippen LogP contribution >= 0.6 is 0 Å². The van der Waals surface area contributed by atoms with E-state index in [9.17, 15) is 0 Å². The lowest BCUT2D eigenvalue weighted by Gasteiger charge is -2.10. The number of nitrogens with zero attached hydrogens (tertiary/aromatic N) is 2. The lowest BCUT2D eigenvalue weighted by molar-refractivity contribution is 0.693. The van der Waals surface area contributed by atoms with Gasteiger partial charge in [0, 0.05) is 23.9 Å². The predicted octanol–water partition coefficient (Wildman–Crippen LogP) is 1.66. The molecule has 0 aromatic carbocycles. The summed E-state index contributed by atoms with van der Waals surface area (Å²) in [6.45, 7) is 6.89. The molecule has 2 N–H and O–H groups in total. The first-order chi connectivity index (χ1) is 6.71. The first-order valence-electron chi connectivity index (χ1n) is 5.28. The second kappa shape index (κ2) is 5.05. The van der Waals surface area contributed by atoms with Crippen LogP contribution in [0.5, 0.6) is 0 Å². The van der Waals surface area contributed by atoms with Gasteiger partial charge in [0.25, 0.3) is 0 Å². The van der Waals surface area contributed by atoms with E-state index in [0.29, 0.717) is 6.54 Å². The third-order valence-electron chi connectivity index (χ3n) is 2.37. The first kappa shape index (κ1) is 11.1. The van der Waals surface area contributed by atoms with E-state index in [1.807, 2.05) is 0 Å². The van der Waals surface area contributed by atoms with Crippen LogP contribution in [0.15, 0.2) is 6.07 Å². The second-order valence-electron chi connectivity index (χ2n) is 3.55. The molecule has 14 heavy (non-hydrogen) atoms. The maximum Gasteiger partial charge on any atom is 0.132 e. The highest BCUT2D eigenvalue weighted by Crippen LogP contribution is 2.11. The van der Waals surface area contributed by atoms with E-state index >= 15 is 0 Å². The highest BCUT2D eigenvalue weighted by molar-refractivity contribution is 5.13. The fourth-order valence-corrected chi connectivity index (χ4v) is 1.26. The van der Waals surface area contributed by atoms with Gasteiger partial charge in [-0.25, -0.2) is 9.97 Å². The van der Waals surface area contributed by atoms with Crippen molar-refractivity contribution in [3.05, 3.63) is 23.3 Å². The molecule has 1 rings (SSSR count). The van der Waals surface area contributed by atoms with Gasteiger partial charge in [-0.05, 0) is 18.9 Å². The molecule has 0 bridgehead atoms. The number of hydrogen-bond acceptors (Lipinski definition) is 3. The fraction of sp³-hybridized carbons (Fsp3) is 0.636. The third-order valence-corrected chi connectivity index (χ3v) is 2.37. The maximum absolute atomic E-state index is 5.61. The highest BCUT2D eigenvalue weighted by Gasteiger charge is 2.08. The van der Waals surface area contributed by atoms with E-state index in [-0.39, 0.29) is 5.92 Å². The van der Waals surface area contributed by atoms with E-state index in [1.165, 1.54) is 0 Å². The molecule has 1 atom stereocenters. The third kappa shape index (κ3) is 2.51. The van der Waals surface area contributed by atoms with Crippen molar-refractivity contribution >= 4 is 0 Å². The Kier molecular flexibility index (Phi) is 4.01. The normalized spacial score (nSPS) is 12.9. The Bertz CT molecular complexity index is 274. The summed E-state index contributed by atoms with van der Waals surface area (Å²) in [7, 11) is 0. The van der Waals surface area contributed by atoms with E-state index in [0.717, 1.165) is 30.1 Å². The largest absolute Gasteiger partial charge is 0.330 e. The van der Waals surface area contributed by atoms with Crippen LogP contribution in [0.25, 0.3) is 0 Å². The number of nitrogens with two attached hydrogens (primary N) is 1. The van der Waals surface area contributed by atoms with Crippen molar-refractivity contribution in [2.45, 2.75) is 39.5 Å². The lowest BCUT2D eigenvalue weighted by atomic mass is 10.1. The summed E-state index contributed by atoms with van der Waals surface area (Å²) in [5, 5.41) is 0. The molecule has 0 radical (unpaired) electrons. The monoisotopic (exact) mass is 193 g/mol. The Balaban J connectivity index is 3.04. The number of hydrogen-bond donors (Lipinski definition) is 1. The van der Waals surface area contributed by atoms with Gasteiger partial charge in [-0.3, -0.25) is 0 Å². The Morgan fingerprint density at radius 1 is 1.21 bits per heavy atom. The molecule has 0 saturated heterocycles. The van der Waals surface area contributed by atoms with E-state index in [4.69, 9.17) is 5.73 Å². The minimum atomic E-state index is 0.256. The molecule has 3 heteroatoms. The summed E-state index contributed by atoms with van der Waals surface area (Å²) in [6, 6.07) is 2.08. The SMILES string of the molecule is CCc1cc(CC)nc(C(C)CN)n1. The molecule has 0 amide bonds. The van der Waals surface area contributed by atoms with Crippen LogP contribution in [0, 0.1) is 0 Å². The molecule has 0 saturated carbocycles. The van der Waals surface area contributed by atoms with Gasteiger partial charge in [0.2, 0.25) is 0 Å². The topological polar surface area (TPSA) is 51.8 Å². The van der Waals surface area contributed by atoms with Gasteiger partial charge in [-0.15, -0.1) is 0 Å². The van der Waals surface area contributed by atoms with Crippen molar-refractivity contribution in [3.63, 3.8) is 0 Å². The molecule has 78 valence electrons. The summed E-state index contributed by atoms with van der Waals surface area (Å²) in [4.78, 5) is 8.96. The van der Waals surface area contributed by atoms with Gasteiger partial charge in [-0.2, -0.15) is 0 Å². The molecule has 1 heterocycles. The van der Waals surface area contributed by atoms with E-state index in [1.54, 1.807) is 0 Å². The van der Waals surface area contributed by atoms with Crippen LogP contribution in [-0.4, -0.2) is 16.5 Å². The molecule has 1 aromatic heterocycles. The summed E-state index contributed by atoms with van der Waals surface area (Å²) >= 11 is 0. The quantitative estimate of drug-likeness (QED) is 0.791. The zero-order valence-electron chi connectivity index (χ0n) is 9.25. The molecular weight excluding hydrogens is 174 g/mol. The van der Waals surface area contributed by atoms with Crippen LogP contribution in [-0.2, 0) is 12.8 Å². The van der Waals surface area contributed by atoms with Crippen LogP contribution in [0.1, 0.15) is 43.9 Å². The van der Waals surface area contributed by atoms with Crippen LogP contribution in [0.4, 0.5) is 0 Å². The summed E-state index contributed by atoms with van der Waals surface area (Å²) in [6.07, 6.45) is 1.92. The van der Waals surface area contributed by atoms with Gasteiger partial charge in [-0.1, -0.05) is 20.8 Å². The number of rotatable bonds is 4. The fourth-order valence-electron chi connectivity index (χ4n) is 1.26. The van der Waals surface area contributed by atoms with E-state index < -0.39 is 0 Å². The van der Waals surface area contributed by atoms with Gasteiger partial charge in [0.15, 0.2) is 0 Å². The summed E-state index contributed by atoms with van der Waals surface area (Å²) < 4.78 is 0. The zero-order valence-corrected chi connectivity index (χ0v) is 9.25. The molecular formula is C11H19N3. The van der Waals surface area contributed by atoms with Gasteiger partial charge < -0.3 is 5.73 Å². The average Bonchev–Trinajstić information content (AvgIpc) is 2.27. The van der Waals surface area contributed by atoms with Crippen molar-refractivity contribution in [1.29, 1.82) is 0 Å². The summed E-state index contributed by atoms with van der Waals surface area (Å²) in [5.41, 5.74) is 7.84. The molecule has 0 aliphatic heterocycles. The Labute approximate surface area is 85.8 Å². The van der Waals surface area contributed by atoms with Crippen molar-refractivity contribution < 1.29 is 0 Å². The summed E-state index contributed by atoms with van der Waals surface area (Å²) in [5.74, 6) is 1.15. The second-order valence-corrected chi connectivity index (χ2v) is 3.55. The Morgan fingerprint density at radius 2 is 1.71 bits per heavy atom. The molecule has 0 aliphatic carbocycles. The molecule has 0 fully saturated rings. The molecule has 1 unspecified atom stereocenters. The molecule has 1 aromatic rings.